The lowest BCUT2D eigenvalue weighted by molar-refractivity contribution is 0.0520. The average Bonchev–Trinajstić information content (AvgIpc) is 2.17. The number of hydrogen-bond acceptors (Lipinski definition) is 5. The Hall–Kier alpha value is -1.65. The summed E-state index contributed by atoms with van der Waals surface area (Å²) in [6.45, 7) is 3.78. The molecule has 0 amide bonds. The van der Waals surface area contributed by atoms with Crippen LogP contribution in [0.4, 0.5) is 0 Å². The monoisotopic (exact) mass is 195 g/mol. The van der Waals surface area contributed by atoms with Crippen molar-refractivity contribution in [1.82, 2.24) is 10.2 Å². The third-order valence-electron chi connectivity index (χ3n) is 1.69. The minimum atomic E-state index is -0.590. The Bertz CT molecular complexity index is 339. The Balaban J connectivity index is 3.10. The molecule has 0 aromatic carbocycles. The Morgan fingerprint density at radius 2 is 2.29 bits per heavy atom. The third kappa shape index (κ3) is 1.99. The first kappa shape index (κ1) is 10.4. The number of aromatic hydroxyl groups is 1. The minimum absolute atomic E-state index is 0.0596. The maximum absolute atomic E-state index is 11.4. The average molecular weight is 195 g/mol. The summed E-state index contributed by atoms with van der Waals surface area (Å²) in [5.74, 6) is -0.993. The second-order valence-corrected chi connectivity index (χ2v) is 2.56. The molecule has 0 aliphatic carbocycles. The summed E-state index contributed by atoms with van der Waals surface area (Å²) in [7, 11) is 0. The van der Waals surface area contributed by atoms with Crippen LogP contribution in [0.2, 0.25) is 0 Å². The highest BCUT2D eigenvalue weighted by Gasteiger charge is 2.18. The molecule has 5 nitrogen and oxygen atoms in total. The van der Waals surface area contributed by atoms with E-state index in [0.717, 1.165) is 0 Å². The highest BCUT2D eigenvalue weighted by atomic mass is 16.5. The maximum atomic E-state index is 11.4. The largest absolute Gasteiger partial charge is 0.492 e. The van der Waals surface area contributed by atoms with E-state index in [2.05, 4.69) is 16.4 Å². The second kappa shape index (κ2) is 4.55. The molecule has 1 aromatic rings. The number of nitrogens with zero attached hydrogens (tertiary/aromatic N) is 2. The van der Waals surface area contributed by atoms with Crippen LogP contribution < -0.4 is 0 Å². The van der Waals surface area contributed by atoms with Crippen LogP contribution in [0.3, 0.4) is 0 Å². The Morgan fingerprint density at radius 1 is 1.57 bits per heavy atom. The van der Waals surface area contributed by atoms with Gasteiger partial charge in [-0.25, -0.2) is 4.79 Å². The number of ether oxygens (including phenoxy) is 1. The number of carbonyl (C=O) groups excluding carboxylic acids is 1. The van der Waals surface area contributed by atoms with Gasteiger partial charge < -0.3 is 9.84 Å². The maximum Gasteiger partial charge on any atom is 0.344 e. The zero-order chi connectivity index (χ0) is 10.6. The van der Waals surface area contributed by atoms with Crippen molar-refractivity contribution in [3.63, 3.8) is 0 Å². The summed E-state index contributed by atoms with van der Waals surface area (Å²) in [5, 5.41) is 16.1. The van der Waals surface area contributed by atoms with Crippen molar-refractivity contribution in [1.29, 1.82) is 0 Å². The van der Waals surface area contributed by atoms with Gasteiger partial charge in [-0.2, -0.15) is 0 Å². The molecule has 0 atom stereocenters. The van der Waals surface area contributed by atoms with Crippen molar-refractivity contribution in [3.05, 3.63) is 17.3 Å². The summed E-state index contributed by atoms with van der Waals surface area (Å²) in [6.07, 6.45) is 3.08. The molecular formula is C9H11N2O3. The highest BCUT2D eigenvalue weighted by Crippen LogP contribution is 2.17. The molecule has 75 valence electrons. The molecule has 0 aliphatic rings. The summed E-state index contributed by atoms with van der Waals surface area (Å²) in [4.78, 5) is 11.4. The summed E-state index contributed by atoms with van der Waals surface area (Å²) in [6, 6.07) is 0. The normalized spacial score (nSPS) is 9.86. The predicted octanol–water partition coefficient (Wildman–Crippen LogP) is 0.721. The van der Waals surface area contributed by atoms with Crippen LogP contribution >= 0.6 is 0 Å². The van der Waals surface area contributed by atoms with E-state index >= 15 is 0 Å². The van der Waals surface area contributed by atoms with Gasteiger partial charge in [0.15, 0.2) is 0 Å². The van der Waals surface area contributed by atoms with Gasteiger partial charge in [0.05, 0.1) is 6.61 Å². The van der Waals surface area contributed by atoms with Gasteiger partial charge in [0.25, 0.3) is 0 Å². The summed E-state index contributed by atoms with van der Waals surface area (Å²) < 4.78 is 4.76. The van der Waals surface area contributed by atoms with Gasteiger partial charge in [-0.15, -0.1) is 10.2 Å². The number of carbonyl (C=O) groups is 1. The zero-order valence-corrected chi connectivity index (χ0v) is 8.07. The van der Waals surface area contributed by atoms with Gasteiger partial charge in [0.1, 0.15) is 11.8 Å². The van der Waals surface area contributed by atoms with E-state index in [9.17, 15) is 9.90 Å². The number of esters is 1. The topological polar surface area (TPSA) is 72.3 Å². The molecule has 0 unspecified atom stereocenters. The van der Waals surface area contributed by atoms with E-state index < -0.39 is 11.8 Å². The molecule has 0 bridgehead atoms. The first-order valence-electron chi connectivity index (χ1n) is 4.34. The summed E-state index contributed by atoms with van der Waals surface area (Å²) >= 11 is 0. The molecule has 0 saturated heterocycles. The van der Waals surface area contributed by atoms with E-state index in [-0.39, 0.29) is 12.2 Å². The molecule has 0 fully saturated rings. The lowest BCUT2D eigenvalue weighted by atomic mass is 10.1. The van der Waals surface area contributed by atoms with E-state index in [1.807, 2.05) is 6.92 Å². The fraction of sp³-hybridized carbons (Fsp3) is 0.444. The van der Waals surface area contributed by atoms with Crippen molar-refractivity contribution >= 4 is 5.97 Å². The SMILES string of the molecule is CCOC(=O)c1c(CC)[c]nnc1O. The van der Waals surface area contributed by atoms with Crippen molar-refractivity contribution in [2.75, 3.05) is 6.61 Å². The summed E-state index contributed by atoms with van der Waals surface area (Å²) in [5.41, 5.74) is 0.570. The van der Waals surface area contributed by atoms with Crippen LogP contribution in [-0.4, -0.2) is 27.9 Å². The van der Waals surface area contributed by atoms with E-state index in [4.69, 9.17) is 4.74 Å². The lowest BCUT2D eigenvalue weighted by Gasteiger charge is -2.06. The smallest absolute Gasteiger partial charge is 0.344 e. The quantitative estimate of drug-likeness (QED) is 0.719. The molecule has 1 N–H and O–H groups in total. The fourth-order valence-electron chi connectivity index (χ4n) is 1.05. The molecule has 1 heterocycles. The van der Waals surface area contributed by atoms with Crippen LogP contribution in [-0.2, 0) is 11.2 Å². The van der Waals surface area contributed by atoms with Crippen LogP contribution in [0, 0.1) is 6.20 Å². The Kier molecular flexibility index (Phi) is 3.39. The minimum Gasteiger partial charge on any atom is -0.492 e. The molecule has 0 spiro atoms. The van der Waals surface area contributed by atoms with Crippen LogP contribution in [0.1, 0.15) is 29.8 Å². The third-order valence-corrected chi connectivity index (χ3v) is 1.69. The van der Waals surface area contributed by atoms with Crippen molar-refractivity contribution in [3.8, 4) is 5.88 Å². The van der Waals surface area contributed by atoms with E-state index in [1.54, 1.807) is 6.92 Å². The van der Waals surface area contributed by atoms with Gasteiger partial charge in [-0.3, -0.25) is 0 Å². The van der Waals surface area contributed by atoms with Crippen LogP contribution in [0.15, 0.2) is 0 Å². The number of aryl methyl sites for hydroxylation is 1. The number of aromatic nitrogens is 2. The van der Waals surface area contributed by atoms with Crippen molar-refractivity contribution < 1.29 is 14.6 Å². The molecule has 0 saturated carbocycles. The molecule has 1 aromatic heterocycles. The molecular weight excluding hydrogens is 184 g/mol. The first-order valence-corrected chi connectivity index (χ1v) is 4.34. The molecule has 14 heavy (non-hydrogen) atoms. The Morgan fingerprint density at radius 3 is 2.86 bits per heavy atom. The Labute approximate surface area is 81.7 Å². The van der Waals surface area contributed by atoms with Crippen molar-refractivity contribution in [2.24, 2.45) is 0 Å². The number of rotatable bonds is 3. The molecule has 1 radical (unpaired) electrons. The molecule has 5 heteroatoms. The van der Waals surface area contributed by atoms with Crippen LogP contribution in [0.25, 0.3) is 0 Å². The number of hydrogen-bond donors (Lipinski definition) is 1. The predicted molar refractivity (Wildman–Crippen MR) is 47.9 cm³/mol. The first-order chi connectivity index (χ1) is 6.70. The van der Waals surface area contributed by atoms with E-state index in [1.165, 1.54) is 0 Å². The molecule has 1 rings (SSSR count). The lowest BCUT2D eigenvalue weighted by Crippen LogP contribution is -2.10. The zero-order valence-electron chi connectivity index (χ0n) is 8.07. The fourth-order valence-corrected chi connectivity index (χ4v) is 1.05. The second-order valence-electron chi connectivity index (χ2n) is 2.56. The van der Waals surface area contributed by atoms with Gasteiger partial charge in [-0.05, 0) is 13.3 Å². The van der Waals surface area contributed by atoms with Gasteiger partial charge in [-0.1, -0.05) is 6.92 Å². The highest BCUT2D eigenvalue weighted by molar-refractivity contribution is 5.93. The van der Waals surface area contributed by atoms with Crippen LogP contribution in [0.5, 0.6) is 5.88 Å². The van der Waals surface area contributed by atoms with Gasteiger partial charge in [0, 0.05) is 5.56 Å². The van der Waals surface area contributed by atoms with Gasteiger partial charge >= 0.3 is 5.97 Å². The van der Waals surface area contributed by atoms with E-state index in [0.29, 0.717) is 12.0 Å². The standard InChI is InChI=1S/C9H11N2O3/c1-3-6-5-10-11-8(12)7(6)9(13)14-4-2/h3-4H2,1-2H3,(H,11,12). The molecule has 0 aliphatic heterocycles. The van der Waals surface area contributed by atoms with Crippen molar-refractivity contribution in [2.45, 2.75) is 20.3 Å². The van der Waals surface area contributed by atoms with Gasteiger partial charge in [0.2, 0.25) is 5.88 Å².